The highest BCUT2D eigenvalue weighted by molar-refractivity contribution is 4.78. The number of rotatable bonds is 1. The minimum absolute atomic E-state index is 0.292. The van der Waals surface area contributed by atoms with Gasteiger partial charge in [-0.25, -0.2) is 0 Å². The molecule has 0 aromatic heterocycles. The molecule has 1 N–H and O–H groups in total. The zero-order chi connectivity index (χ0) is 6.04. The van der Waals surface area contributed by atoms with E-state index in [1.165, 1.54) is 25.7 Å². The summed E-state index contributed by atoms with van der Waals surface area (Å²) in [5.74, 6) is 0. The molecular formula is C7H14O. The van der Waals surface area contributed by atoms with Crippen LogP contribution < -0.4 is 0 Å². The Morgan fingerprint density at radius 1 is 1.38 bits per heavy atom. The fourth-order valence-corrected chi connectivity index (χ4v) is 1.39. The molecule has 8 heavy (non-hydrogen) atoms. The summed E-state index contributed by atoms with van der Waals surface area (Å²) in [6, 6.07) is 0. The molecule has 0 radical (unpaired) electrons. The van der Waals surface area contributed by atoms with E-state index in [0.29, 0.717) is 12.0 Å². The highest BCUT2D eigenvalue weighted by Gasteiger charge is 2.26. The van der Waals surface area contributed by atoms with Crippen LogP contribution in [0.2, 0.25) is 0 Å². The molecule has 0 atom stereocenters. The number of aliphatic hydroxyl groups excluding tert-OH is 1. The van der Waals surface area contributed by atoms with Gasteiger partial charge in [0.1, 0.15) is 0 Å². The van der Waals surface area contributed by atoms with Crippen LogP contribution in [0.25, 0.3) is 0 Å². The Morgan fingerprint density at radius 2 is 1.88 bits per heavy atom. The van der Waals surface area contributed by atoms with Crippen molar-refractivity contribution in [3.05, 3.63) is 0 Å². The first-order valence-electron chi connectivity index (χ1n) is 3.38. The Labute approximate surface area is 50.7 Å². The summed E-state index contributed by atoms with van der Waals surface area (Å²) in [6.07, 6.45) is 5.08. The van der Waals surface area contributed by atoms with E-state index in [-0.39, 0.29) is 0 Å². The molecule has 0 amide bonds. The molecule has 0 saturated heterocycles. The smallest absolute Gasteiger partial charge is 0.0484 e. The lowest BCUT2D eigenvalue weighted by Gasteiger charge is -2.18. The van der Waals surface area contributed by atoms with Gasteiger partial charge in [0.05, 0.1) is 0 Å². The highest BCUT2D eigenvalue weighted by atomic mass is 16.3. The molecule has 0 aromatic rings. The van der Waals surface area contributed by atoms with Gasteiger partial charge in [-0.2, -0.15) is 0 Å². The van der Waals surface area contributed by atoms with Gasteiger partial charge in [0.2, 0.25) is 0 Å². The average Bonchev–Trinajstić information content (AvgIpc) is 2.17. The van der Waals surface area contributed by atoms with Crippen molar-refractivity contribution >= 4 is 0 Å². The van der Waals surface area contributed by atoms with Crippen LogP contribution in [0.3, 0.4) is 0 Å². The van der Waals surface area contributed by atoms with Crippen molar-refractivity contribution in [3.63, 3.8) is 0 Å². The first-order valence-corrected chi connectivity index (χ1v) is 3.38. The van der Waals surface area contributed by atoms with Crippen LogP contribution >= 0.6 is 0 Å². The van der Waals surface area contributed by atoms with Crippen molar-refractivity contribution in [1.82, 2.24) is 0 Å². The molecule has 0 bridgehead atoms. The number of aliphatic hydroxyl groups is 1. The van der Waals surface area contributed by atoms with Crippen LogP contribution in [-0.4, -0.2) is 11.7 Å². The molecule has 1 saturated carbocycles. The van der Waals surface area contributed by atoms with Crippen molar-refractivity contribution in [2.45, 2.75) is 32.6 Å². The molecule has 1 fully saturated rings. The molecule has 0 heterocycles. The topological polar surface area (TPSA) is 20.2 Å². The van der Waals surface area contributed by atoms with Gasteiger partial charge in [-0.05, 0) is 18.3 Å². The standard InChI is InChI=1S/C7H14O/c1-7(6-8)4-2-3-5-7/h8H,2-6H2,1H3. The second-order valence-corrected chi connectivity index (χ2v) is 3.18. The van der Waals surface area contributed by atoms with E-state index in [9.17, 15) is 0 Å². The van der Waals surface area contributed by atoms with E-state index >= 15 is 0 Å². The molecule has 1 aliphatic carbocycles. The molecule has 0 unspecified atom stereocenters. The third kappa shape index (κ3) is 1.03. The van der Waals surface area contributed by atoms with Gasteiger partial charge in [-0.3, -0.25) is 0 Å². The summed E-state index contributed by atoms with van der Waals surface area (Å²) in [4.78, 5) is 0. The van der Waals surface area contributed by atoms with Crippen molar-refractivity contribution in [3.8, 4) is 0 Å². The van der Waals surface area contributed by atoms with Gasteiger partial charge < -0.3 is 5.11 Å². The zero-order valence-electron chi connectivity index (χ0n) is 5.48. The fraction of sp³-hybridized carbons (Fsp3) is 1.00. The van der Waals surface area contributed by atoms with E-state index in [4.69, 9.17) is 5.11 Å². The summed E-state index contributed by atoms with van der Waals surface area (Å²) in [7, 11) is 0. The minimum Gasteiger partial charge on any atom is -0.396 e. The SMILES string of the molecule is CC1(CO)CCCC1. The molecule has 0 spiro atoms. The van der Waals surface area contributed by atoms with Crippen molar-refractivity contribution < 1.29 is 5.11 Å². The molecule has 0 aliphatic heterocycles. The molecule has 0 aromatic carbocycles. The monoisotopic (exact) mass is 114 g/mol. The first kappa shape index (κ1) is 6.09. The normalized spacial score (nSPS) is 26.2. The molecule has 1 nitrogen and oxygen atoms in total. The maximum Gasteiger partial charge on any atom is 0.0484 e. The second-order valence-electron chi connectivity index (χ2n) is 3.18. The number of hydrogen-bond donors (Lipinski definition) is 1. The molecule has 1 heteroatoms. The summed E-state index contributed by atoms with van der Waals surface area (Å²) < 4.78 is 0. The molecule has 1 aliphatic rings. The van der Waals surface area contributed by atoms with Gasteiger partial charge in [0.25, 0.3) is 0 Å². The van der Waals surface area contributed by atoms with E-state index in [0.717, 1.165) is 0 Å². The Morgan fingerprint density at radius 3 is 2.12 bits per heavy atom. The first-order chi connectivity index (χ1) is 3.77. The molecule has 48 valence electrons. The lowest BCUT2D eigenvalue weighted by atomic mass is 9.90. The Bertz CT molecular complexity index is 72.5. The van der Waals surface area contributed by atoms with Crippen LogP contribution in [0, 0.1) is 5.41 Å². The summed E-state index contributed by atoms with van der Waals surface area (Å²) in [5.41, 5.74) is 0.292. The lowest BCUT2D eigenvalue weighted by molar-refractivity contribution is 0.149. The van der Waals surface area contributed by atoms with Crippen molar-refractivity contribution in [2.24, 2.45) is 5.41 Å². The van der Waals surface area contributed by atoms with Gasteiger partial charge in [0.15, 0.2) is 0 Å². The van der Waals surface area contributed by atoms with Crippen molar-refractivity contribution in [1.29, 1.82) is 0 Å². The predicted molar refractivity (Wildman–Crippen MR) is 33.7 cm³/mol. The summed E-state index contributed by atoms with van der Waals surface area (Å²) >= 11 is 0. The fourth-order valence-electron chi connectivity index (χ4n) is 1.39. The quantitative estimate of drug-likeness (QED) is 0.548. The number of hydrogen-bond acceptors (Lipinski definition) is 1. The van der Waals surface area contributed by atoms with Gasteiger partial charge in [0, 0.05) is 6.61 Å². The van der Waals surface area contributed by atoms with Crippen molar-refractivity contribution in [2.75, 3.05) is 6.61 Å². The maximum absolute atomic E-state index is 8.83. The largest absolute Gasteiger partial charge is 0.396 e. The lowest BCUT2D eigenvalue weighted by Crippen LogP contribution is -2.15. The Hall–Kier alpha value is -0.0400. The summed E-state index contributed by atoms with van der Waals surface area (Å²) in [6.45, 7) is 2.55. The predicted octanol–water partition coefficient (Wildman–Crippen LogP) is 1.56. The van der Waals surface area contributed by atoms with Crippen LogP contribution in [0.5, 0.6) is 0 Å². The molecular weight excluding hydrogens is 100 g/mol. The van der Waals surface area contributed by atoms with Gasteiger partial charge in [-0.1, -0.05) is 19.8 Å². The maximum atomic E-state index is 8.83. The zero-order valence-corrected chi connectivity index (χ0v) is 5.48. The third-order valence-electron chi connectivity index (χ3n) is 2.19. The highest BCUT2D eigenvalue weighted by Crippen LogP contribution is 2.36. The third-order valence-corrected chi connectivity index (χ3v) is 2.19. The van der Waals surface area contributed by atoms with Crippen LogP contribution in [0.15, 0.2) is 0 Å². The average molecular weight is 114 g/mol. The van der Waals surface area contributed by atoms with E-state index in [2.05, 4.69) is 6.92 Å². The van der Waals surface area contributed by atoms with Crippen LogP contribution in [-0.2, 0) is 0 Å². The van der Waals surface area contributed by atoms with Gasteiger partial charge >= 0.3 is 0 Å². The summed E-state index contributed by atoms with van der Waals surface area (Å²) in [5, 5.41) is 8.83. The minimum atomic E-state index is 0.292. The van der Waals surface area contributed by atoms with E-state index < -0.39 is 0 Å². The molecule has 1 rings (SSSR count). The van der Waals surface area contributed by atoms with Crippen LogP contribution in [0.1, 0.15) is 32.6 Å². The second kappa shape index (κ2) is 2.06. The Kier molecular flexibility index (Phi) is 1.57. The van der Waals surface area contributed by atoms with Crippen LogP contribution in [0.4, 0.5) is 0 Å². The van der Waals surface area contributed by atoms with E-state index in [1.807, 2.05) is 0 Å². The Balaban J connectivity index is 2.40. The van der Waals surface area contributed by atoms with E-state index in [1.54, 1.807) is 0 Å². The van der Waals surface area contributed by atoms with Gasteiger partial charge in [-0.15, -0.1) is 0 Å².